The van der Waals surface area contributed by atoms with Crippen LogP contribution in [0, 0.1) is 5.41 Å². The lowest BCUT2D eigenvalue weighted by atomic mass is 9.81. The predicted octanol–water partition coefficient (Wildman–Crippen LogP) is 3.52. The summed E-state index contributed by atoms with van der Waals surface area (Å²) in [5, 5.41) is 0. The van der Waals surface area contributed by atoms with E-state index < -0.39 is 5.41 Å². The van der Waals surface area contributed by atoms with E-state index in [4.69, 9.17) is 0 Å². The van der Waals surface area contributed by atoms with E-state index in [-0.39, 0.29) is 11.8 Å². The second-order valence-electron chi connectivity index (χ2n) is 4.67. The molecule has 0 radical (unpaired) electrons. The molecule has 4 heteroatoms. The zero-order valence-electron chi connectivity index (χ0n) is 10.6. The van der Waals surface area contributed by atoms with Crippen molar-refractivity contribution in [2.24, 2.45) is 5.41 Å². The molecule has 1 aliphatic heterocycles. The third-order valence-corrected chi connectivity index (χ3v) is 4.36. The summed E-state index contributed by atoms with van der Waals surface area (Å²) in [7, 11) is 0. The number of carbonyl (C=O) groups is 2. The van der Waals surface area contributed by atoms with Crippen LogP contribution >= 0.6 is 15.9 Å². The van der Waals surface area contributed by atoms with Crippen molar-refractivity contribution >= 4 is 33.4 Å². The largest absolute Gasteiger partial charge is 0.274 e. The Morgan fingerprint density at radius 3 is 2.17 bits per heavy atom. The number of anilines is 1. The summed E-state index contributed by atoms with van der Waals surface area (Å²) in [6.45, 7) is 3.94. The highest BCUT2D eigenvalue weighted by Crippen LogP contribution is 2.41. The van der Waals surface area contributed by atoms with Gasteiger partial charge in [0.1, 0.15) is 0 Å². The van der Waals surface area contributed by atoms with Gasteiger partial charge >= 0.3 is 0 Å². The molecule has 0 N–H and O–H groups in total. The molecule has 1 aromatic rings. The van der Waals surface area contributed by atoms with Gasteiger partial charge in [0.05, 0.1) is 11.1 Å². The van der Waals surface area contributed by atoms with Gasteiger partial charge in [-0.15, -0.1) is 0 Å². The van der Waals surface area contributed by atoms with Crippen LogP contribution in [0.2, 0.25) is 0 Å². The van der Waals surface area contributed by atoms with Gasteiger partial charge in [-0.1, -0.05) is 29.8 Å². The second-order valence-corrected chi connectivity index (χ2v) is 5.59. The molecule has 0 atom stereocenters. The Morgan fingerprint density at radius 1 is 1.17 bits per heavy atom. The molecule has 0 spiro atoms. The molecule has 1 aromatic carbocycles. The number of benzene rings is 1. The van der Waals surface area contributed by atoms with Crippen LogP contribution < -0.4 is 4.90 Å². The lowest BCUT2D eigenvalue weighted by molar-refractivity contribution is -0.126. The minimum absolute atomic E-state index is 0.0557. The molecule has 1 saturated heterocycles. The summed E-state index contributed by atoms with van der Waals surface area (Å²) in [6.07, 6.45) is 1.75. The van der Waals surface area contributed by atoms with E-state index in [1.54, 1.807) is 12.1 Å². The van der Waals surface area contributed by atoms with Crippen molar-refractivity contribution in [3.63, 3.8) is 0 Å². The van der Waals surface area contributed by atoms with E-state index >= 15 is 0 Å². The van der Waals surface area contributed by atoms with Gasteiger partial charge in [0.15, 0.2) is 0 Å². The smallest absolute Gasteiger partial charge is 0.240 e. The average molecular weight is 310 g/mol. The zero-order chi connectivity index (χ0) is 13.3. The average Bonchev–Trinajstić information content (AvgIpc) is 2.63. The number of hydrogen-bond acceptors (Lipinski definition) is 2. The molecule has 2 rings (SSSR count). The van der Waals surface area contributed by atoms with Crippen molar-refractivity contribution < 1.29 is 9.59 Å². The summed E-state index contributed by atoms with van der Waals surface area (Å²) in [5.41, 5.74) is 0.168. The molecule has 1 heterocycles. The van der Waals surface area contributed by atoms with E-state index in [1.165, 1.54) is 4.90 Å². The Hall–Kier alpha value is -1.16. The van der Waals surface area contributed by atoms with Crippen LogP contribution in [0.5, 0.6) is 0 Å². The van der Waals surface area contributed by atoms with Crippen molar-refractivity contribution in [1.29, 1.82) is 0 Å². The number of hydrogen-bond donors (Lipinski definition) is 0. The fraction of sp³-hybridized carbons (Fsp3) is 0.429. The molecule has 2 amide bonds. The molecular formula is C14H16BrNO2. The fourth-order valence-electron chi connectivity index (χ4n) is 2.45. The first kappa shape index (κ1) is 13.3. The molecule has 3 nitrogen and oxygen atoms in total. The van der Waals surface area contributed by atoms with Gasteiger partial charge in [0, 0.05) is 10.9 Å². The van der Waals surface area contributed by atoms with Crippen LogP contribution in [0.15, 0.2) is 28.7 Å². The molecule has 1 fully saturated rings. The highest BCUT2D eigenvalue weighted by atomic mass is 79.9. The Balaban J connectivity index is 2.38. The topological polar surface area (TPSA) is 37.4 Å². The Labute approximate surface area is 115 Å². The molecule has 18 heavy (non-hydrogen) atoms. The fourth-order valence-corrected chi connectivity index (χ4v) is 2.71. The van der Waals surface area contributed by atoms with E-state index in [0.717, 1.165) is 4.47 Å². The first-order valence-corrected chi connectivity index (χ1v) is 6.96. The van der Waals surface area contributed by atoms with Crippen molar-refractivity contribution in [1.82, 2.24) is 0 Å². The van der Waals surface area contributed by atoms with Crippen LogP contribution in [0.25, 0.3) is 0 Å². The van der Waals surface area contributed by atoms with Gasteiger partial charge in [0.25, 0.3) is 0 Å². The number of rotatable bonds is 3. The third-order valence-electron chi connectivity index (χ3n) is 3.83. The first-order chi connectivity index (χ1) is 8.54. The SMILES string of the molecule is CCC1(CC)CC(=O)N(c2ccc(Br)cc2)C1=O. The Kier molecular flexibility index (Phi) is 3.57. The highest BCUT2D eigenvalue weighted by Gasteiger charge is 2.49. The lowest BCUT2D eigenvalue weighted by Crippen LogP contribution is -2.35. The predicted molar refractivity (Wildman–Crippen MR) is 74.3 cm³/mol. The van der Waals surface area contributed by atoms with Crippen LogP contribution in [0.3, 0.4) is 0 Å². The Morgan fingerprint density at radius 2 is 1.72 bits per heavy atom. The third kappa shape index (κ3) is 1.99. The van der Waals surface area contributed by atoms with E-state index in [0.29, 0.717) is 24.9 Å². The van der Waals surface area contributed by atoms with Gasteiger partial charge < -0.3 is 0 Å². The van der Waals surface area contributed by atoms with Crippen molar-refractivity contribution in [2.45, 2.75) is 33.1 Å². The van der Waals surface area contributed by atoms with E-state index in [1.807, 2.05) is 26.0 Å². The number of imide groups is 1. The summed E-state index contributed by atoms with van der Waals surface area (Å²) < 4.78 is 0.933. The molecule has 0 aromatic heterocycles. The summed E-state index contributed by atoms with van der Waals surface area (Å²) in [5.74, 6) is -0.147. The van der Waals surface area contributed by atoms with Crippen LogP contribution in [-0.4, -0.2) is 11.8 Å². The maximum absolute atomic E-state index is 12.5. The normalized spacial score (nSPS) is 18.5. The molecule has 1 aliphatic rings. The zero-order valence-corrected chi connectivity index (χ0v) is 12.2. The first-order valence-electron chi connectivity index (χ1n) is 6.17. The van der Waals surface area contributed by atoms with Crippen LogP contribution in [0.1, 0.15) is 33.1 Å². The highest BCUT2D eigenvalue weighted by molar-refractivity contribution is 9.10. The van der Waals surface area contributed by atoms with Crippen LogP contribution in [-0.2, 0) is 9.59 Å². The van der Waals surface area contributed by atoms with Crippen molar-refractivity contribution in [3.8, 4) is 0 Å². The van der Waals surface area contributed by atoms with Gasteiger partial charge in [-0.05, 0) is 37.1 Å². The van der Waals surface area contributed by atoms with E-state index in [2.05, 4.69) is 15.9 Å². The summed E-state index contributed by atoms with van der Waals surface area (Å²) in [4.78, 5) is 25.9. The van der Waals surface area contributed by atoms with Crippen LogP contribution in [0.4, 0.5) is 5.69 Å². The molecule has 0 bridgehead atoms. The van der Waals surface area contributed by atoms with Gasteiger partial charge in [-0.2, -0.15) is 0 Å². The summed E-state index contributed by atoms with van der Waals surface area (Å²) in [6, 6.07) is 7.27. The maximum Gasteiger partial charge on any atom is 0.240 e. The van der Waals surface area contributed by atoms with Crippen molar-refractivity contribution in [3.05, 3.63) is 28.7 Å². The minimum Gasteiger partial charge on any atom is -0.274 e. The quantitative estimate of drug-likeness (QED) is 0.801. The van der Waals surface area contributed by atoms with Gasteiger partial charge in [-0.25, -0.2) is 0 Å². The number of nitrogens with zero attached hydrogens (tertiary/aromatic N) is 1. The van der Waals surface area contributed by atoms with E-state index in [9.17, 15) is 9.59 Å². The molecule has 96 valence electrons. The standard InChI is InChI=1S/C14H16BrNO2/c1-3-14(4-2)9-12(17)16(13(14)18)11-7-5-10(15)6-8-11/h5-8H,3-4,9H2,1-2H3. The molecular weight excluding hydrogens is 294 g/mol. The summed E-state index contributed by atoms with van der Waals surface area (Å²) >= 11 is 3.35. The second kappa shape index (κ2) is 4.84. The van der Waals surface area contributed by atoms with Gasteiger partial charge in [-0.3, -0.25) is 14.5 Å². The van der Waals surface area contributed by atoms with Gasteiger partial charge in [0.2, 0.25) is 11.8 Å². The number of carbonyl (C=O) groups excluding carboxylic acids is 2. The lowest BCUT2D eigenvalue weighted by Gasteiger charge is -2.23. The van der Waals surface area contributed by atoms with Crippen molar-refractivity contribution in [2.75, 3.05) is 4.90 Å². The molecule has 0 unspecified atom stereocenters. The number of amides is 2. The Bertz CT molecular complexity index is 477. The number of halogens is 1. The minimum atomic E-state index is -0.496. The monoisotopic (exact) mass is 309 g/mol. The maximum atomic E-state index is 12.5. The molecule has 0 aliphatic carbocycles. The molecule has 0 saturated carbocycles.